The summed E-state index contributed by atoms with van der Waals surface area (Å²) < 4.78 is 1.51. The molecule has 0 fully saturated rings. The van der Waals surface area contributed by atoms with Crippen molar-refractivity contribution in [2.75, 3.05) is 43.2 Å². The lowest BCUT2D eigenvalue weighted by molar-refractivity contribution is 0.158. The molecule has 1 aromatic heterocycles. The van der Waals surface area contributed by atoms with Crippen molar-refractivity contribution < 1.29 is 5.11 Å². The summed E-state index contributed by atoms with van der Waals surface area (Å²) in [5.74, 6) is 0.685. The summed E-state index contributed by atoms with van der Waals surface area (Å²) in [6.45, 7) is 5.24. The number of hydrogen-bond donors (Lipinski definition) is 3. The topological polar surface area (TPSA) is 93.6 Å². The summed E-state index contributed by atoms with van der Waals surface area (Å²) in [5, 5.41) is 13.6. The van der Waals surface area contributed by atoms with Crippen LogP contribution in [0.1, 0.15) is 84.0 Å². The van der Waals surface area contributed by atoms with E-state index in [1.807, 2.05) is 11.9 Å². The van der Waals surface area contributed by atoms with Gasteiger partial charge in [0.2, 0.25) is 0 Å². The zero-order chi connectivity index (χ0) is 23.3. The zero-order valence-corrected chi connectivity index (χ0v) is 20.5. The van der Waals surface area contributed by atoms with Crippen molar-refractivity contribution in [1.82, 2.24) is 14.9 Å². The minimum absolute atomic E-state index is 0.325. The smallest absolute Gasteiger partial charge is 0.329 e. The number of aromatic nitrogens is 2. The lowest BCUT2D eigenvalue weighted by Crippen LogP contribution is -2.33. The van der Waals surface area contributed by atoms with E-state index in [1.165, 1.54) is 62.4 Å². The van der Waals surface area contributed by atoms with E-state index in [1.54, 1.807) is 7.05 Å². The Morgan fingerprint density at radius 1 is 0.969 bits per heavy atom. The minimum Gasteiger partial charge on any atom is -0.392 e. The molecule has 8 heteroatoms. The van der Waals surface area contributed by atoms with Gasteiger partial charge in [0.15, 0.2) is 0 Å². The highest BCUT2D eigenvalue weighted by atomic mass is 16.3. The summed E-state index contributed by atoms with van der Waals surface area (Å²) in [6, 6.07) is 0. The van der Waals surface area contributed by atoms with E-state index in [-0.39, 0.29) is 17.4 Å². The van der Waals surface area contributed by atoms with Gasteiger partial charge in [0, 0.05) is 27.2 Å². The SMILES string of the molecule is CCCCCCCCCCCNCC(O)CCCCN1CN(C)c2c1n(C)c(=O)[nH]c2=O. The Kier molecular flexibility index (Phi) is 11.9. The molecule has 0 aliphatic carbocycles. The fourth-order valence-electron chi connectivity index (χ4n) is 4.49. The van der Waals surface area contributed by atoms with Crippen LogP contribution in [0, 0.1) is 0 Å². The van der Waals surface area contributed by atoms with E-state index in [0.29, 0.717) is 24.7 Å². The fourth-order valence-corrected chi connectivity index (χ4v) is 4.49. The van der Waals surface area contributed by atoms with Crippen molar-refractivity contribution in [2.45, 2.75) is 90.1 Å². The summed E-state index contributed by atoms with van der Waals surface area (Å²) in [7, 11) is 3.55. The average molecular weight is 452 g/mol. The standard InChI is InChI=1S/C24H45N5O3/c1-4-5-6-7-8-9-10-11-13-16-25-18-20(30)15-12-14-17-29-19-27(2)21-22(31)26-24(32)28(3)23(21)29/h20,25,30H,4-19H2,1-3H3,(H,26,31,32). The van der Waals surface area contributed by atoms with Crippen LogP contribution in [0.15, 0.2) is 9.59 Å². The first kappa shape index (κ1) is 26.5. The third-order valence-corrected chi connectivity index (χ3v) is 6.39. The number of hydrogen-bond acceptors (Lipinski definition) is 6. The molecule has 0 radical (unpaired) electrons. The number of H-pyrrole nitrogens is 1. The highest BCUT2D eigenvalue weighted by molar-refractivity contribution is 5.71. The van der Waals surface area contributed by atoms with Gasteiger partial charge < -0.3 is 20.2 Å². The maximum absolute atomic E-state index is 12.1. The van der Waals surface area contributed by atoms with Crippen LogP contribution in [-0.2, 0) is 7.05 Å². The molecule has 184 valence electrons. The molecule has 2 rings (SSSR count). The quantitative estimate of drug-likeness (QED) is 0.315. The van der Waals surface area contributed by atoms with Gasteiger partial charge in [-0.2, -0.15) is 0 Å². The first-order valence-corrected chi connectivity index (χ1v) is 12.6. The van der Waals surface area contributed by atoms with E-state index in [9.17, 15) is 14.7 Å². The van der Waals surface area contributed by atoms with Gasteiger partial charge >= 0.3 is 5.69 Å². The van der Waals surface area contributed by atoms with Gasteiger partial charge in [-0.1, -0.05) is 58.3 Å². The summed E-state index contributed by atoms with van der Waals surface area (Å²) in [6.07, 6.45) is 14.2. The predicted octanol–water partition coefficient (Wildman–Crippen LogP) is 2.94. The molecule has 1 atom stereocenters. The normalized spacial score (nSPS) is 14.2. The predicted molar refractivity (Wildman–Crippen MR) is 133 cm³/mol. The number of fused-ring (bicyclic) bond motifs is 1. The van der Waals surface area contributed by atoms with Gasteiger partial charge in [-0.05, 0) is 32.2 Å². The van der Waals surface area contributed by atoms with Crippen molar-refractivity contribution in [3.05, 3.63) is 20.8 Å². The number of nitrogens with one attached hydrogen (secondary N) is 2. The Morgan fingerprint density at radius 3 is 2.31 bits per heavy atom. The summed E-state index contributed by atoms with van der Waals surface area (Å²) in [5.41, 5.74) is -0.170. The second-order valence-corrected chi connectivity index (χ2v) is 9.28. The number of aliphatic hydroxyl groups excluding tert-OH is 1. The second-order valence-electron chi connectivity index (χ2n) is 9.28. The number of nitrogens with zero attached hydrogens (tertiary/aromatic N) is 3. The van der Waals surface area contributed by atoms with Crippen molar-refractivity contribution in [3.8, 4) is 0 Å². The molecule has 0 bridgehead atoms. The Labute approximate surface area is 193 Å². The molecule has 1 aliphatic rings. The lowest BCUT2D eigenvalue weighted by atomic mass is 10.1. The van der Waals surface area contributed by atoms with Gasteiger partial charge in [0.25, 0.3) is 5.56 Å². The number of aliphatic hydroxyl groups is 1. The third kappa shape index (κ3) is 8.28. The van der Waals surface area contributed by atoms with E-state index in [2.05, 4.69) is 22.1 Å². The van der Waals surface area contributed by atoms with Crippen LogP contribution >= 0.6 is 0 Å². The maximum Gasteiger partial charge on any atom is 0.329 e. The van der Waals surface area contributed by atoms with Crippen LogP contribution < -0.4 is 26.4 Å². The molecular formula is C24H45N5O3. The first-order chi connectivity index (χ1) is 15.5. The summed E-state index contributed by atoms with van der Waals surface area (Å²) >= 11 is 0. The monoisotopic (exact) mass is 451 g/mol. The van der Waals surface area contributed by atoms with Crippen molar-refractivity contribution >= 4 is 11.5 Å². The van der Waals surface area contributed by atoms with E-state index in [0.717, 1.165) is 32.4 Å². The number of anilines is 2. The second kappa shape index (κ2) is 14.4. The molecule has 32 heavy (non-hydrogen) atoms. The van der Waals surface area contributed by atoms with Crippen LogP contribution in [0.4, 0.5) is 11.5 Å². The third-order valence-electron chi connectivity index (χ3n) is 6.39. The fraction of sp³-hybridized carbons (Fsp3) is 0.833. The van der Waals surface area contributed by atoms with Gasteiger partial charge in [0.05, 0.1) is 12.8 Å². The van der Waals surface area contributed by atoms with Gasteiger partial charge in [-0.3, -0.25) is 14.3 Å². The Bertz CT molecular complexity index is 776. The molecule has 0 saturated carbocycles. The van der Waals surface area contributed by atoms with Gasteiger partial charge in [-0.25, -0.2) is 4.79 Å². The molecule has 0 spiro atoms. The van der Waals surface area contributed by atoms with Gasteiger partial charge in [0.1, 0.15) is 11.5 Å². The van der Waals surface area contributed by atoms with Crippen LogP contribution in [0.2, 0.25) is 0 Å². The van der Waals surface area contributed by atoms with Crippen LogP contribution in [0.25, 0.3) is 0 Å². The van der Waals surface area contributed by atoms with E-state index < -0.39 is 0 Å². The summed E-state index contributed by atoms with van der Waals surface area (Å²) in [4.78, 5) is 30.4. The largest absolute Gasteiger partial charge is 0.392 e. The highest BCUT2D eigenvalue weighted by Crippen LogP contribution is 2.29. The molecule has 1 unspecified atom stereocenters. The van der Waals surface area contributed by atoms with Crippen molar-refractivity contribution in [1.29, 1.82) is 0 Å². The van der Waals surface area contributed by atoms with Crippen LogP contribution in [-0.4, -0.2) is 54.1 Å². The minimum atomic E-state index is -0.387. The molecule has 0 amide bonds. The molecule has 8 nitrogen and oxygen atoms in total. The lowest BCUT2D eigenvalue weighted by Gasteiger charge is -2.20. The Balaban J connectivity index is 1.53. The first-order valence-electron chi connectivity index (χ1n) is 12.6. The average Bonchev–Trinajstić information content (AvgIpc) is 3.10. The van der Waals surface area contributed by atoms with E-state index in [4.69, 9.17) is 0 Å². The number of unbranched alkanes of at least 4 members (excludes halogenated alkanes) is 9. The van der Waals surface area contributed by atoms with Crippen molar-refractivity contribution in [3.63, 3.8) is 0 Å². The van der Waals surface area contributed by atoms with E-state index >= 15 is 0 Å². The molecule has 0 saturated heterocycles. The molecule has 2 heterocycles. The van der Waals surface area contributed by atoms with Crippen LogP contribution in [0.3, 0.4) is 0 Å². The van der Waals surface area contributed by atoms with Crippen molar-refractivity contribution in [2.24, 2.45) is 7.05 Å². The molecule has 1 aromatic rings. The van der Waals surface area contributed by atoms with Gasteiger partial charge in [-0.15, -0.1) is 0 Å². The maximum atomic E-state index is 12.1. The molecule has 0 aromatic carbocycles. The van der Waals surface area contributed by atoms with Crippen LogP contribution in [0.5, 0.6) is 0 Å². The molecule has 1 aliphatic heterocycles. The zero-order valence-electron chi connectivity index (χ0n) is 20.5. The number of rotatable bonds is 17. The molecular weight excluding hydrogens is 406 g/mol. The molecule has 3 N–H and O–H groups in total. The highest BCUT2D eigenvalue weighted by Gasteiger charge is 2.29. The Morgan fingerprint density at radius 2 is 1.62 bits per heavy atom. The Hall–Kier alpha value is -1.80. The number of aromatic amines is 1.